The van der Waals surface area contributed by atoms with Gasteiger partial charge in [0.15, 0.2) is 5.82 Å². The zero-order valence-corrected chi connectivity index (χ0v) is 12.2. The number of halogens is 2. The van der Waals surface area contributed by atoms with Crippen molar-refractivity contribution >= 4 is 27.5 Å². The first-order valence-electron chi connectivity index (χ1n) is 5.84. The van der Waals surface area contributed by atoms with Crippen molar-refractivity contribution in [3.05, 3.63) is 33.5 Å². The molecule has 5 nitrogen and oxygen atoms in total. The Morgan fingerprint density at radius 2 is 2.32 bits per heavy atom. The molecule has 1 aromatic carbocycles. The van der Waals surface area contributed by atoms with E-state index in [1.54, 1.807) is 6.07 Å². The number of nitrogens with zero attached hydrogens (tertiary/aromatic N) is 2. The minimum atomic E-state index is -0.0273. The Hall–Kier alpha value is -0.950. The molecular weight excluding hydrogens is 334 g/mol. The monoisotopic (exact) mass is 343 g/mol. The van der Waals surface area contributed by atoms with Crippen LogP contribution in [0.15, 0.2) is 27.2 Å². The van der Waals surface area contributed by atoms with Crippen LogP contribution in [-0.2, 0) is 4.74 Å². The average Bonchev–Trinajstić information content (AvgIpc) is 2.89. The second-order valence-corrected chi connectivity index (χ2v) is 5.49. The van der Waals surface area contributed by atoms with Gasteiger partial charge in [0, 0.05) is 11.0 Å². The molecule has 2 heterocycles. The van der Waals surface area contributed by atoms with E-state index < -0.39 is 0 Å². The Balaban J connectivity index is 1.87. The van der Waals surface area contributed by atoms with Gasteiger partial charge >= 0.3 is 0 Å². The maximum atomic E-state index is 6.16. The molecule has 2 aromatic rings. The summed E-state index contributed by atoms with van der Waals surface area (Å²) in [5.41, 5.74) is 0.723. The van der Waals surface area contributed by atoms with Gasteiger partial charge in [-0.15, -0.1) is 0 Å². The van der Waals surface area contributed by atoms with Gasteiger partial charge in [-0.1, -0.05) is 32.7 Å². The highest BCUT2D eigenvalue weighted by Gasteiger charge is 2.22. The van der Waals surface area contributed by atoms with Crippen LogP contribution in [0.4, 0.5) is 0 Å². The minimum Gasteiger partial charge on any atom is -0.378 e. The van der Waals surface area contributed by atoms with Crippen molar-refractivity contribution in [2.24, 2.45) is 0 Å². The van der Waals surface area contributed by atoms with Crippen LogP contribution in [0.1, 0.15) is 11.9 Å². The maximum Gasteiger partial charge on any atom is 0.259 e. The summed E-state index contributed by atoms with van der Waals surface area (Å²) in [6, 6.07) is 5.49. The SMILES string of the molecule is Clc1cc(Br)ccc1-c1nc(C2COCCN2)no1. The number of nitrogens with one attached hydrogen (secondary N) is 1. The van der Waals surface area contributed by atoms with Gasteiger partial charge in [0.25, 0.3) is 5.89 Å². The van der Waals surface area contributed by atoms with Crippen LogP contribution in [0.3, 0.4) is 0 Å². The summed E-state index contributed by atoms with van der Waals surface area (Å²) in [7, 11) is 0. The number of benzene rings is 1. The summed E-state index contributed by atoms with van der Waals surface area (Å²) in [6.07, 6.45) is 0. The highest BCUT2D eigenvalue weighted by atomic mass is 79.9. The van der Waals surface area contributed by atoms with Crippen LogP contribution in [0.2, 0.25) is 5.02 Å². The fourth-order valence-corrected chi connectivity index (χ4v) is 2.63. The molecule has 1 aliphatic heterocycles. The summed E-state index contributed by atoms with van der Waals surface area (Å²) < 4.78 is 11.5. The maximum absolute atomic E-state index is 6.16. The molecule has 0 bridgehead atoms. The summed E-state index contributed by atoms with van der Waals surface area (Å²) in [5, 5.41) is 7.82. The van der Waals surface area contributed by atoms with Crippen LogP contribution < -0.4 is 5.32 Å². The van der Waals surface area contributed by atoms with Gasteiger partial charge < -0.3 is 14.6 Å². The van der Waals surface area contributed by atoms with Crippen LogP contribution in [0.5, 0.6) is 0 Å². The van der Waals surface area contributed by atoms with Gasteiger partial charge in [-0.25, -0.2) is 0 Å². The third kappa shape index (κ3) is 2.81. The zero-order chi connectivity index (χ0) is 13.2. The molecule has 7 heteroatoms. The quantitative estimate of drug-likeness (QED) is 0.908. The van der Waals surface area contributed by atoms with Crippen molar-refractivity contribution in [1.29, 1.82) is 0 Å². The van der Waals surface area contributed by atoms with Crippen molar-refractivity contribution in [2.45, 2.75) is 6.04 Å². The van der Waals surface area contributed by atoms with Crippen LogP contribution in [0, 0.1) is 0 Å². The van der Waals surface area contributed by atoms with Gasteiger partial charge in [-0.2, -0.15) is 4.98 Å². The predicted molar refractivity (Wildman–Crippen MR) is 74.0 cm³/mol. The molecule has 1 fully saturated rings. The lowest BCUT2D eigenvalue weighted by Gasteiger charge is -2.20. The highest BCUT2D eigenvalue weighted by Crippen LogP contribution is 2.30. The number of ether oxygens (including phenoxy) is 1. The molecule has 1 saturated heterocycles. The lowest BCUT2D eigenvalue weighted by Crippen LogP contribution is -2.35. The Morgan fingerprint density at radius 3 is 3.05 bits per heavy atom. The molecule has 0 amide bonds. The van der Waals surface area contributed by atoms with Gasteiger partial charge in [-0.3, -0.25) is 0 Å². The fraction of sp³-hybridized carbons (Fsp3) is 0.333. The molecule has 1 aromatic heterocycles. The van der Waals surface area contributed by atoms with Gasteiger partial charge in [0.1, 0.15) is 0 Å². The largest absolute Gasteiger partial charge is 0.378 e. The smallest absolute Gasteiger partial charge is 0.259 e. The van der Waals surface area contributed by atoms with Crippen LogP contribution in [-0.4, -0.2) is 29.9 Å². The first-order valence-corrected chi connectivity index (χ1v) is 7.01. The van der Waals surface area contributed by atoms with Gasteiger partial charge in [0.2, 0.25) is 0 Å². The molecule has 1 atom stereocenters. The lowest BCUT2D eigenvalue weighted by molar-refractivity contribution is 0.0734. The molecule has 1 aliphatic rings. The van der Waals surface area contributed by atoms with E-state index in [-0.39, 0.29) is 6.04 Å². The molecule has 1 N–H and O–H groups in total. The first kappa shape index (κ1) is 13.1. The number of rotatable bonds is 2. The topological polar surface area (TPSA) is 60.2 Å². The normalized spacial score (nSPS) is 19.6. The molecule has 0 aliphatic carbocycles. The van der Waals surface area contributed by atoms with Crippen molar-refractivity contribution in [1.82, 2.24) is 15.5 Å². The Morgan fingerprint density at radius 1 is 1.42 bits per heavy atom. The van der Waals surface area contributed by atoms with E-state index >= 15 is 0 Å². The second-order valence-electron chi connectivity index (χ2n) is 4.16. The highest BCUT2D eigenvalue weighted by molar-refractivity contribution is 9.10. The molecule has 0 spiro atoms. The third-order valence-corrected chi connectivity index (χ3v) is 3.64. The van der Waals surface area contributed by atoms with E-state index in [0.29, 0.717) is 30.0 Å². The Bertz CT molecular complexity index is 584. The Kier molecular flexibility index (Phi) is 3.83. The second kappa shape index (κ2) is 5.58. The number of hydrogen-bond acceptors (Lipinski definition) is 5. The Labute approximate surface area is 123 Å². The van der Waals surface area contributed by atoms with Gasteiger partial charge in [-0.05, 0) is 18.2 Å². The van der Waals surface area contributed by atoms with Crippen LogP contribution in [0.25, 0.3) is 11.5 Å². The average molecular weight is 345 g/mol. The molecule has 1 unspecified atom stereocenters. The lowest BCUT2D eigenvalue weighted by atomic mass is 10.2. The third-order valence-electron chi connectivity index (χ3n) is 2.84. The summed E-state index contributed by atoms with van der Waals surface area (Å²) >= 11 is 9.52. The molecule has 0 saturated carbocycles. The van der Waals surface area contributed by atoms with E-state index in [1.807, 2.05) is 12.1 Å². The summed E-state index contributed by atoms with van der Waals surface area (Å²) in [4.78, 5) is 4.37. The minimum absolute atomic E-state index is 0.0273. The summed E-state index contributed by atoms with van der Waals surface area (Å²) in [6.45, 7) is 2.04. The molecule has 0 radical (unpaired) electrons. The van der Waals surface area contributed by atoms with E-state index in [4.69, 9.17) is 20.9 Å². The van der Waals surface area contributed by atoms with Gasteiger partial charge in [0.05, 0.1) is 29.8 Å². The number of hydrogen-bond donors (Lipinski definition) is 1. The zero-order valence-electron chi connectivity index (χ0n) is 9.90. The number of morpholine rings is 1. The standard InChI is InChI=1S/C12H11BrClN3O2/c13-7-1-2-8(9(14)5-7)12-16-11(17-19-12)10-6-18-4-3-15-10/h1-2,5,10,15H,3-4,6H2. The van der Waals surface area contributed by atoms with E-state index in [9.17, 15) is 0 Å². The van der Waals surface area contributed by atoms with E-state index in [1.165, 1.54) is 0 Å². The molecule has 3 rings (SSSR count). The van der Waals surface area contributed by atoms with Crippen molar-refractivity contribution in [3.63, 3.8) is 0 Å². The predicted octanol–water partition coefficient (Wildman–Crippen LogP) is 2.81. The van der Waals surface area contributed by atoms with Crippen molar-refractivity contribution in [2.75, 3.05) is 19.8 Å². The van der Waals surface area contributed by atoms with Crippen molar-refractivity contribution < 1.29 is 9.26 Å². The van der Waals surface area contributed by atoms with Crippen molar-refractivity contribution in [3.8, 4) is 11.5 Å². The first-order chi connectivity index (χ1) is 9.24. The molecular formula is C12H11BrClN3O2. The molecule has 100 valence electrons. The number of aromatic nitrogens is 2. The van der Waals surface area contributed by atoms with E-state index in [0.717, 1.165) is 16.6 Å². The molecule has 19 heavy (non-hydrogen) atoms. The fourth-order valence-electron chi connectivity index (χ4n) is 1.88. The van der Waals surface area contributed by atoms with Crippen LogP contribution >= 0.6 is 27.5 Å². The summed E-state index contributed by atoms with van der Waals surface area (Å²) in [5.74, 6) is 1.01. The van der Waals surface area contributed by atoms with E-state index in [2.05, 4.69) is 31.4 Å².